The summed E-state index contributed by atoms with van der Waals surface area (Å²) in [5.74, 6) is 0.686. The van der Waals surface area contributed by atoms with Gasteiger partial charge in [0.2, 0.25) is 0 Å². The van der Waals surface area contributed by atoms with E-state index in [2.05, 4.69) is 6.92 Å². The monoisotopic (exact) mass is 288 g/mol. The van der Waals surface area contributed by atoms with Gasteiger partial charge in [0.15, 0.2) is 0 Å². The van der Waals surface area contributed by atoms with Gasteiger partial charge in [-0.15, -0.1) is 11.6 Å². The predicted molar refractivity (Wildman–Crippen MR) is 85.1 cm³/mol. The first-order chi connectivity index (χ1) is 9.33. The zero-order valence-corrected chi connectivity index (χ0v) is 13.6. The molecule has 1 heterocycles. The minimum atomic E-state index is 0.0973. The molecule has 1 aliphatic rings. The molecule has 0 N–H and O–H groups in total. The fourth-order valence-electron chi connectivity index (χ4n) is 2.68. The molecule has 0 aromatic rings. The van der Waals surface area contributed by atoms with E-state index in [4.69, 9.17) is 16.3 Å². The van der Waals surface area contributed by atoms with Crippen LogP contribution in [0.15, 0.2) is 0 Å². The summed E-state index contributed by atoms with van der Waals surface area (Å²) in [6.07, 6.45) is 18.1. The molecule has 1 rings (SSSR count). The zero-order valence-electron chi connectivity index (χ0n) is 12.9. The quantitative estimate of drug-likeness (QED) is 0.214. The van der Waals surface area contributed by atoms with Crippen LogP contribution in [0.25, 0.3) is 0 Å². The first-order valence-electron chi connectivity index (χ1n) is 8.53. The van der Waals surface area contributed by atoms with Gasteiger partial charge in [-0.25, -0.2) is 0 Å². The number of unbranched alkanes of at least 4 members (excludes halogenated alkanes) is 11. The lowest BCUT2D eigenvalue weighted by Crippen LogP contribution is -2.12. The topological polar surface area (TPSA) is 12.5 Å². The van der Waals surface area contributed by atoms with E-state index in [-0.39, 0.29) is 5.60 Å². The van der Waals surface area contributed by atoms with Crippen LogP contribution >= 0.6 is 11.6 Å². The Hall–Kier alpha value is 0.250. The number of alkyl halides is 1. The van der Waals surface area contributed by atoms with E-state index < -0.39 is 0 Å². The Labute approximate surface area is 125 Å². The predicted octanol–water partition coefficient (Wildman–Crippen LogP) is 6.09. The minimum Gasteiger partial charge on any atom is -0.368 e. The van der Waals surface area contributed by atoms with E-state index in [1.807, 2.05) is 0 Å². The van der Waals surface area contributed by atoms with Crippen molar-refractivity contribution in [3.63, 3.8) is 0 Å². The number of ether oxygens (including phenoxy) is 1. The van der Waals surface area contributed by atoms with Crippen LogP contribution in [0.2, 0.25) is 0 Å². The third kappa shape index (κ3) is 8.92. The van der Waals surface area contributed by atoms with Crippen molar-refractivity contribution < 1.29 is 4.74 Å². The highest BCUT2D eigenvalue weighted by atomic mass is 35.5. The number of halogens is 1. The van der Waals surface area contributed by atoms with Crippen molar-refractivity contribution >= 4 is 11.6 Å². The Kier molecular flexibility index (Phi) is 9.99. The van der Waals surface area contributed by atoms with Crippen LogP contribution in [0.3, 0.4) is 0 Å². The van der Waals surface area contributed by atoms with Gasteiger partial charge in [0.05, 0.1) is 12.5 Å². The van der Waals surface area contributed by atoms with Gasteiger partial charge in [0.1, 0.15) is 5.60 Å². The Morgan fingerprint density at radius 2 is 1.21 bits per heavy atom. The molecule has 1 saturated heterocycles. The molecule has 0 radical (unpaired) electrons. The molecule has 0 bridgehead atoms. The molecule has 114 valence electrons. The van der Waals surface area contributed by atoms with E-state index >= 15 is 0 Å². The minimum absolute atomic E-state index is 0.0973. The van der Waals surface area contributed by atoms with Gasteiger partial charge in [0, 0.05) is 0 Å². The molecule has 1 atom stereocenters. The molecule has 1 unspecified atom stereocenters. The molecule has 0 saturated carbocycles. The largest absolute Gasteiger partial charge is 0.368 e. The summed E-state index contributed by atoms with van der Waals surface area (Å²) in [6, 6.07) is 0. The molecular weight excluding hydrogens is 256 g/mol. The summed E-state index contributed by atoms with van der Waals surface area (Å²) in [4.78, 5) is 0. The van der Waals surface area contributed by atoms with Crippen molar-refractivity contribution in [3.8, 4) is 0 Å². The van der Waals surface area contributed by atoms with E-state index in [0.717, 1.165) is 6.61 Å². The van der Waals surface area contributed by atoms with Crippen LogP contribution in [0.4, 0.5) is 0 Å². The van der Waals surface area contributed by atoms with Gasteiger partial charge < -0.3 is 4.74 Å². The van der Waals surface area contributed by atoms with E-state index in [1.165, 1.54) is 83.5 Å². The summed E-state index contributed by atoms with van der Waals surface area (Å²) in [5.41, 5.74) is 0.0973. The summed E-state index contributed by atoms with van der Waals surface area (Å²) >= 11 is 5.87. The highest BCUT2D eigenvalue weighted by Gasteiger charge is 2.42. The first kappa shape index (κ1) is 17.3. The van der Waals surface area contributed by atoms with E-state index in [0.29, 0.717) is 5.88 Å². The maximum atomic E-state index is 5.87. The van der Waals surface area contributed by atoms with Crippen LogP contribution in [-0.2, 0) is 4.74 Å². The Morgan fingerprint density at radius 3 is 1.58 bits per heavy atom. The van der Waals surface area contributed by atoms with E-state index in [1.54, 1.807) is 0 Å². The molecule has 19 heavy (non-hydrogen) atoms. The third-order valence-corrected chi connectivity index (χ3v) is 4.77. The summed E-state index contributed by atoms with van der Waals surface area (Å²) in [5, 5.41) is 0. The van der Waals surface area contributed by atoms with Gasteiger partial charge in [0.25, 0.3) is 0 Å². The van der Waals surface area contributed by atoms with Crippen LogP contribution in [0.5, 0.6) is 0 Å². The fraction of sp³-hybridized carbons (Fsp3) is 1.00. The van der Waals surface area contributed by atoms with Crippen molar-refractivity contribution in [1.82, 2.24) is 0 Å². The van der Waals surface area contributed by atoms with Crippen molar-refractivity contribution in [2.75, 3.05) is 12.5 Å². The SMILES string of the molecule is CCCCCCCCCCCCCCC1(CCl)CO1. The number of rotatable bonds is 14. The second kappa shape index (κ2) is 11.0. The number of hydrogen-bond acceptors (Lipinski definition) is 1. The molecule has 2 heteroatoms. The molecule has 1 fully saturated rings. The van der Waals surface area contributed by atoms with Crippen LogP contribution in [-0.4, -0.2) is 18.1 Å². The van der Waals surface area contributed by atoms with E-state index in [9.17, 15) is 0 Å². The molecule has 0 amide bonds. The molecule has 1 nitrogen and oxygen atoms in total. The second-order valence-electron chi connectivity index (χ2n) is 6.24. The summed E-state index contributed by atoms with van der Waals surface area (Å²) < 4.78 is 5.41. The third-order valence-electron chi connectivity index (χ3n) is 4.28. The standard InChI is InChI=1S/C17H33ClO/c1-2-3-4-5-6-7-8-9-10-11-12-13-14-17(15-18)16-19-17/h2-16H2,1H3. The van der Waals surface area contributed by atoms with Crippen LogP contribution in [0, 0.1) is 0 Å². The van der Waals surface area contributed by atoms with Gasteiger partial charge in [-0.3, -0.25) is 0 Å². The van der Waals surface area contributed by atoms with Crippen molar-refractivity contribution in [1.29, 1.82) is 0 Å². The van der Waals surface area contributed by atoms with Crippen molar-refractivity contribution in [2.45, 2.75) is 96.0 Å². The molecule has 1 aliphatic heterocycles. The van der Waals surface area contributed by atoms with Gasteiger partial charge in [-0.1, -0.05) is 84.0 Å². The Morgan fingerprint density at radius 1 is 0.789 bits per heavy atom. The molecule has 0 aromatic heterocycles. The molecule has 0 aromatic carbocycles. The Balaban J connectivity index is 1.70. The highest BCUT2D eigenvalue weighted by Crippen LogP contribution is 2.34. The lowest BCUT2D eigenvalue weighted by Gasteiger charge is -2.07. The zero-order chi connectivity index (χ0) is 13.8. The van der Waals surface area contributed by atoms with Crippen molar-refractivity contribution in [3.05, 3.63) is 0 Å². The maximum Gasteiger partial charge on any atom is 0.105 e. The second-order valence-corrected chi connectivity index (χ2v) is 6.51. The summed E-state index contributed by atoms with van der Waals surface area (Å²) in [6.45, 7) is 3.18. The average molecular weight is 289 g/mol. The molecule has 0 spiro atoms. The fourth-order valence-corrected chi connectivity index (χ4v) is 2.97. The first-order valence-corrected chi connectivity index (χ1v) is 9.06. The van der Waals surface area contributed by atoms with Gasteiger partial charge in [-0.2, -0.15) is 0 Å². The maximum absolute atomic E-state index is 5.87. The highest BCUT2D eigenvalue weighted by molar-refractivity contribution is 6.18. The lowest BCUT2D eigenvalue weighted by atomic mass is 10.0. The van der Waals surface area contributed by atoms with Crippen LogP contribution in [0.1, 0.15) is 90.4 Å². The number of epoxide rings is 1. The van der Waals surface area contributed by atoms with Gasteiger partial charge in [-0.05, 0) is 6.42 Å². The average Bonchev–Trinajstić information content (AvgIpc) is 3.21. The molecule has 0 aliphatic carbocycles. The normalized spacial score (nSPS) is 21.8. The van der Waals surface area contributed by atoms with Crippen molar-refractivity contribution in [2.24, 2.45) is 0 Å². The van der Waals surface area contributed by atoms with Crippen LogP contribution < -0.4 is 0 Å². The Bertz CT molecular complexity index is 201. The molecular formula is C17H33ClO. The smallest absolute Gasteiger partial charge is 0.105 e. The van der Waals surface area contributed by atoms with Gasteiger partial charge >= 0.3 is 0 Å². The number of hydrogen-bond donors (Lipinski definition) is 0. The summed E-state index contributed by atoms with van der Waals surface area (Å²) in [7, 11) is 0. The lowest BCUT2D eigenvalue weighted by molar-refractivity contribution is 0.304.